The van der Waals surface area contributed by atoms with Crippen LogP contribution in [0.3, 0.4) is 0 Å². The fourth-order valence-corrected chi connectivity index (χ4v) is 4.25. The van der Waals surface area contributed by atoms with Crippen molar-refractivity contribution in [3.05, 3.63) is 54.1 Å². The van der Waals surface area contributed by atoms with Gasteiger partial charge < -0.3 is 10.2 Å². The first-order valence-electron chi connectivity index (χ1n) is 10.7. The van der Waals surface area contributed by atoms with E-state index in [-0.39, 0.29) is 30.3 Å². The molecule has 31 heavy (non-hydrogen) atoms. The van der Waals surface area contributed by atoms with E-state index in [9.17, 15) is 9.59 Å². The van der Waals surface area contributed by atoms with Crippen LogP contribution in [0.25, 0.3) is 11.4 Å². The van der Waals surface area contributed by atoms with Gasteiger partial charge in [-0.1, -0.05) is 36.8 Å². The number of hydrogen-bond acceptors (Lipinski definition) is 5. The molecule has 2 aromatic carbocycles. The molecule has 0 saturated heterocycles. The van der Waals surface area contributed by atoms with Gasteiger partial charge in [-0.15, -0.1) is 10.2 Å². The Morgan fingerprint density at radius 1 is 1.10 bits per heavy atom. The third kappa shape index (κ3) is 3.69. The Kier molecular flexibility index (Phi) is 4.97. The maximum absolute atomic E-state index is 13.0. The van der Waals surface area contributed by atoms with Crippen molar-refractivity contribution in [2.75, 3.05) is 10.2 Å². The molecule has 1 aliphatic heterocycles. The summed E-state index contributed by atoms with van der Waals surface area (Å²) in [5, 5.41) is 15.6. The van der Waals surface area contributed by atoms with Crippen molar-refractivity contribution in [1.82, 2.24) is 20.2 Å². The third-order valence-electron chi connectivity index (χ3n) is 6.11. The van der Waals surface area contributed by atoms with Gasteiger partial charge in [-0.25, -0.2) is 0 Å². The number of amides is 2. The van der Waals surface area contributed by atoms with E-state index < -0.39 is 0 Å². The molecule has 1 saturated carbocycles. The Hall–Kier alpha value is -3.55. The Morgan fingerprint density at radius 3 is 2.68 bits per heavy atom. The zero-order chi connectivity index (χ0) is 21.4. The standard InChI is InChI=1S/C23H24N6O2/c1-15-13-17-7-2-5-12-20(17)29(15)21(30)14-28-26-22(25-27-28)18-10-3-4-11-19(18)24-23(31)16-8-6-9-16/h2-5,7,10-12,15-16H,6,8-9,13-14H2,1H3,(H,24,31)/t15-/m1/s1. The highest BCUT2D eigenvalue weighted by atomic mass is 16.2. The average molecular weight is 416 g/mol. The van der Waals surface area contributed by atoms with Crippen LogP contribution in [0.5, 0.6) is 0 Å². The molecule has 1 atom stereocenters. The summed E-state index contributed by atoms with van der Waals surface area (Å²) >= 11 is 0. The van der Waals surface area contributed by atoms with Crippen molar-refractivity contribution in [1.29, 1.82) is 0 Å². The highest BCUT2D eigenvalue weighted by molar-refractivity contribution is 5.97. The number of carbonyl (C=O) groups is 2. The van der Waals surface area contributed by atoms with Gasteiger partial charge >= 0.3 is 0 Å². The van der Waals surface area contributed by atoms with Gasteiger partial charge in [0, 0.05) is 23.2 Å². The van der Waals surface area contributed by atoms with Crippen LogP contribution in [-0.2, 0) is 22.6 Å². The number of rotatable bonds is 5. The number of para-hydroxylation sites is 2. The zero-order valence-electron chi connectivity index (χ0n) is 17.4. The minimum atomic E-state index is -0.0760. The molecule has 158 valence electrons. The van der Waals surface area contributed by atoms with E-state index in [0.29, 0.717) is 17.1 Å². The summed E-state index contributed by atoms with van der Waals surface area (Å²) < 4.78 is 0. The number of anilines is 2. The molecule has 3 aromatic rings. The molecule has 0 unspecified atom stereocenters. The second-order valence-electron chi connectivity index (χ2n) is 8.25. The first-order valence-corrected chi connectivity index (χ1v) is 10.7. The summed E-state index contributed by atoms with van der Waals surface area (Å²) in [5.41, 5.74) is 3.47. The fourth-order valence-electron chi connectivity index (χ4n) is 4.25. The van der Waals surface area contributed by atoms with E-state index in [0.717, 1.165) is 31.4 Å². The highest BCUT2D eigenvalue weighted by Crippen LogP contribution is 2.32. The highest BCUT2D eigenvalue weighted by Gasteiger charge is 2.31. The van der Waals surface area contributed by atoms with Crippen LogP contribution in [0.4, 0.5) is 11.4 Å². The van der Waals surface area contributed by atoms with Crippen molar-refractivity contribution in [3.63, 3.8) is 0 Å². The summed E-state index contributed by atoms with van der Waals surface area (Å²) in [6.45, 7) is 2.04. The van der Waals surface area contributed by atoms with Gasteiger partial charge in [0.05, 0.1) is 5.69 Å². The summed E-state index contributed by atoms with van der Waals surface area (Å²) in [4.78, 5) is 28.5. The van der Waals surface area contributed by atoms with Crippen LogP contribution in [0.1, 0.15) is 31.7 Å². The molecule has 1 fully saturated rings. The molecule has 2 aliphatic rings. The number of hydrogen-bond donors (Lipinski definition) is 1. The summed E-state index contributed by atoms with van der Waals surface area (Å²) in [5.74, 6) is 0.419. The quantitative estimate of drug-likeness (QED) is 0.690. The number of benzene rings is 2. The first-order chi connectivity index (χ1) is 15.1. The monoisotopic (exact) mass is 416 g/mol. The van der Waals surface area contributed by atoms with Crippen molar-refractivity contribution >= 4 is 23.2 Å². The molecule has 1 N–H and O–H groups in total. The van der Waals surface area contributed by atoms with Gasteiger partial charge in [-0.05, 0) is 55.2 Å². The molecule has 1 aromatic heterocycles. The van der Waals surface area contributed by atoms with Crippen LogP contribution in [-0.4, -0.2) is 38.1 Å². The molecule has 1 aliphatic carbocycles. The Bertz CT molecular complexity index is 1140. The fraction of sp³-hybridized carbons (Fsp3) is 0.348. The first kappa shape index (κ1) is 19.4. The number of nitrogens with one attached hydrogen (secondary N) is 1. The normalized spacial score (nSPS) is 17.8. The van der Waals surface area contributed by atoms with Gasteiger partial charge in [0.25, 0.3) is 5.91 Å². The lowest BCUT2D eigenvalue weighted by Crippen LogP contribution is -2.38. The maximum atomic E-state index is 13.0. The molecule has 2 amide bonds. The van der Waals surface area contributed by atoms with Gasteiger partial charge in [-0.3, -0.25) is 9.59 Å². The second kappa shape index (κ2) is 7.94. The molecule has 0 spiro atoms. The molecule has 2 heterocycles. The van der Waals surface area contributed by atoms with Gasteiger partial charge in [-0.2, -0.15) is 4.80 Å². The number of carbonyl (C=O) groups excluding carboxylic acids is 2. The summed E-state index contributed by atoms with van der Waals surface area (Å²) in [7, 11) is 0. The minimum Gasteiger partial charge on any atom is -0.325 e. The predicted molar refractivity (Wildman–Crippen MR) is 116 cm³/mol. The Morgan fingerprint density at radius 2 is 1.87 bits per heavy atom. The van der Waals surface area contributed by atoms with E-state index in [1.54, 1.807) is 0 Å². The lowest BCUT2D eigenvalue weighted by atomic mass is 9.85. The van der Waals surface area contributed by atoms with E-state index >= 15 is 0 Å². The van der Waals surface area contributed by atoms with Gasteiger partial charge in [0.1, 0.15) is 6.54 Å². The number of fused-ring (bicyclic) bond motifs is 1. The molecule has 0 radical (unpaired) electrons. The van der Waals surface area contributed by atoms with Crippen molar-refractivity contribution < 1.29 is 9.59 Å². The zero-order valence-corrected chi connectivity index (χ0v) is 17.4. The third-order valence-corrected chi connectivity index (χ3v) is 6.11. The smallest absolute Gasteiger partial charge is 0.250 e. The number of aromatic nitrogens is 4. The largest absolute Gasteiger partial charge is 0.325 e. The molecule has 0 bridgehead atoms. The topological polar surface area (TPSA) is 93.0 Å². The lowest BCUT2D eigenvalue weighted by molar-refractivity contribution is -0.122. The molecular formula is C23H24N6O2. The van der Waals surface area contributed by atoms with Crippen LogP contribution < -0.4 is 10.2 Å². The van der Waals surface area contributed by atoms with E-state index in [2.05, 4.69) is 26.8 Å². The summed E-state index contributed by atoms with van der Waals surface area (Å²) in [6, 6.07) is 15.5. The van der Waals surface area contributed by atoms with Crippen LogP contribution in [0, 0.1) is 5.92 Å². The van der Waals surface area contributed by atoms with Crippen LogP contribution in [0.15, 0.2) is 48.5 Å². The van der Waals surface area contributed by atoms with E-state index in [1.165, 1.54) is 10.4 Å². The van der Waals surface area contributed by atoms with Gasteiger partial charge in [0.2, 0.25) is 11.7 Å². The summed E-state index contributed by atoms with van der Waals surface area (Å²) in [6.07, 6.45) is 3.81. The SMILES string of the molecule is C[C@@H]1Cc2ccccc2N1C(=O)Cn1nnc(-c2ccccc2NC(=O)C2CCC2)n1. The Labute approximate surface area is 180 Å². The maximum Gasteiger partial charge on any atom is 0.250 e. The van der Waals surface area contributed by atoms with Gasteiger partial charge in [0.15, 0.2) is 0 Å². The van der Waals surface area contributed by atoms with Crippen LogP contribution in [0.2, 0.25) is 0 Å². The molecule has 5 rings (SSSR count). The minimum absolute atomic E-state index is 0.00226. The molecule has 8 nitrogen and oxygen atoms in total. The van der Waals surface area contributed by atoms with Crippen molar-refractivity contribution in [3.8, 4) is 11.4 Å². The number of tetrazole rings is 1. The van der Waals surface area contributed by atoms with Crippen LogP contribution >= 0.6 is 0 Å². The van der Waals surface area contributed by atoms with E-state index in [1.807, 2.05) is 54.3 Å². The van der Waals surface area contributed by atoms with Crippen molar-refractivity contribution in [2.24, 2.45) is 5.92 Å². The van der Waals surface area contributed by atoms with Crippen molar-refractivity contribution in [2.45, 2.75) is 45.2 Å². The Balaban J connectivity index is 1.33. The van der Waals surface area contributed by atoms with E-state index in [4.69, 9.17) is 0 Å². The molecular weight excluding hydrogens is 392 g/mol. The lowest BCUT2D eigenvalue weighted by Gasteiger charge is -2.24. The average Bonchev–Trinajstić information content (AvgIpc) is 3.30. The second-order valence-corrected chi connectivity index (χ2v) is 8.25. The molecule has 8 heteroatoms. The number of nitrogens with zero attached hydrogens (tertiary/aromatic N) is 5. The predicted octanol–water partition coefficient (Wildman–Crippen LogP) is 3.06.